The molecule has 0 amide bonds. The second kappa shape index (κ2) is 22.2. The van der Waals surface area contributed by atoms with E-state index in [1.807, 2.05) is 11.3 Å². The van der Waals surface area contributed by atoms with E-state index in [4.69, 9.17) is 4.42 Å². The lowest BCUT2D eigenvalue weighted by atomic mass is 9.63. The van der Waals surface area contributed by atoms with E-state index in [1.54, 1.807) is 0 Å². The Bertz CT molecular complexity index is 5490. The van der Waals surface area contributed by atoms with Gasteiger partial charge in [0.05, 0.1) is 17.1 Å². The summed E-state index contributed by atoms with van der Waals surface area (Å²) in [6.07, 6.45) is 0. The molecule has 2 unspecified atom stereocenters. The smallest absolute Gasteiger partial charge is 0.145 e. The SMILES string of the molecule is CC(C)(C)c1cc(-c2ccc3c(c2)C2c4ccc(-c5ccccc5)cc4N(c4c(-c5ccccc5)cc5c(oc6ccccc65)c4-c4ccccc4)c4cc(C(C)(C)C)cc(c42)C3c2c(-c3ccccc3)cc3sc4ccccc4c3c2-c2ccccc2)cc(C(C)(C)C)c1. The Hall–Kier alpha value is -10.3. The summed E-state index contributed by atoms with van der Waals surface area (Å²) < 4.78 is 9.94. The van der Waals surface area contributed by atoms with Gasteiger partial charge in [0.25, 0.3) is 0 Å². The van der Waals surface area contributed by atoms with Gasteiger partial charge in [0.1, 0.15) is 11.2 Å². The number of benzene rings is 13. The van der Waals surface area contributed by atoms with Crippen molar-refractivity contribution in [1.29, 1.82) is 0 Å². The zero-order chi connectivity index (χ0) is 64.6. The first kappa shape index (κ1) is 58.5. The Balaban J connectivity index is 1.09. The van der Waals surface area contributed by atoms with Crippen molar-refractivity contribution in [3.05, 3.63) is 329 Å². The predicted octanol–water partition coefficient (Wildman–Crippen LogP) is 26.3. The highest BCUT2D eigenvalue weighted by atomic mass is 32.1. The fraction of sp³-hybridized carbons (Fsp3) is 0.152. The zero-order valence-corrected chi connectivity index (χ0v) is 56.3. The van der Waals surface area contributed by atoms with Crippen molar-refractivity contribution in [2.45, 2.75) is 90.4 Å². The number of hydrogen-bond acceptors (Lipinski definition) is 3. The lowest BCUT2D eigenvalue weighted by Crippen LogP contribution is -2.30. The van der Waals surface area contributed by atoms with Gasteiger partial charge in [-0.3, -0.25) is 0 Å². The van der Waals surface area contributed by atoms with E-state index in [0.29, 0.717) is 0 Å². The third-order valence-electron chi connectivity index (χ3n) is 20.4. The van der Waals surface area contributed by atoms with E-state index in [9.17, 15) is 0 Å². The third-order valence-corrected chi connectivity index (χ3v) is 21.6. The molecule has 0 bridgehead atoms. The maximum Gasteiger partial charge on any atom is 0.145 e. The molecule has 0 spiro atoms. The van der Waals surface area contributed by atoms with E-state index < -0.39 is 0 Å². The van der Waals surface area contributed by atoms with Crippen LogP contribution < -0.4 is 4.90 Å². The van der Waals surface area contributed by atoms with Crippen LogP contribution in [0.25, 0.3) is 109 Å². The normalized spacial score (nSPS) is 14.6. The highest BCUT2D eigenvalue weighted by Crippen LogP contribution is 2.65. The molecule has 1 aliphatic heterocycles. The van der Waals surface area contributed by atoms with Crippen LogP contribution in [-0.4, -0.2) is 0 Å². The van der Waals surface area contributed by atoms with Crippen molar-refractivity contribution in [3.8, 4) is 66.8 Å². The molecule has 2 atom stereocenters. The fourth-order valence-corrected chi connectivity index (χ4v) is 16.8. The van der Waals surface area contributed by atoms with Gasteiger partial charge >= 0.3 is 0 Å². The average molecular weight is 1240 g/mol. The Kier molecular flexibility index (Phi) is 13.6. The lowest BCUT2D eigenvalue weighted by Gasteiger charge is -2.46. The second-order valence-corrected chi connectivity index (χ2v) is 30.6. The Morgan fingerprint density at radius 1 is 0.316 bits per heavy atom. The molecule has 2 nitrogen and oxygen atoms in total. The first-order valence-corrected chi connectivity index (χ1v) is 34.5. The van der Waals surface area contributed by atoms with Crippen molar-refractivity contribution < 1.29 is 4.42 Å². The van der Waals surface area contributed by atoms with E-state index in [-0.39, 0.29) is 28.1 Å². The molecule has 2 aliphatic rings. The maximum atomic E-state index is 7.36. The van der Waals surface area contributed by atoms with Gasteiger partial charge in [0.2, 0.25) is 0 Å². The summed E-state index contributed by atoms with van der Waals surface area (Å²) in [5.41, 5.74) is 30.6. The van der Waals surface area contributed by atoms with Gasteiger partial charge in [-0.25, -0.2) is 0 Å². The number of hydrogen-bond donors (Lipinski definition) is 0. The number of fused-ring (bicyclic) bond motifs is 10. The molecule has 0 saturated heterocycles. The number of thiophene rings is 1. The van der Waals surface area contributed by atoms with E-state index in [2.05, 4.69) is 346 Å². The summed E-state index contributed by atoms with van der Waals surface area (Å²) in [6.45, 7) is 21.4. The minimum Gasteiger partial charge on any atom is -0.455 e. The quantitative estimate of drug-likeness (QED) is 0.151. The largest absolute Gasteiger partial charge is 0.455 e. The molecule has 3 heteroatoms. The average Bonchev–Trinajstić information content (AvgIpc) is 1.13. The molecule has 15 aromatic rings. The van der Waals surface area contributed by atoms with Crippen molar-refractivity contribution in [3.63, 3.8) is 0 Å². The van der Waals surface area contributed by atoms with Gasteiger partial charge in [-0.05, 0) is 164 Å². The monoisotopic (exact) mass is 1240 g/mol. The first-order valence-electron chi connectivity index (χ1n) is 33.7. The number of furan rings is 1. The summed E-state index contributed by atoms with van der Waals surface area (Å²) >= 11 is 1.91. The fourth-order valence-electron chi connectivity index (χ4n) is 15.6. The summed E-state index contributed by atoms with van der Waals surface area (Å²) in [5, 5.41) is 4.77. The van der Waals surface area contributed by atoms with Gasteiger partial charge in [-0.1, -0.05) is 299 Å². The topological polar surface area (TPSA) is 16.4 Å². The summed E-state index contributed by atoms with van der Waals surface area (Å²) in [4.78, 5) is 2.71. The van der Waals surface area contributed by atoms with Crippen LogP contribution in [0.1, 0.15) is 124 Å². The predicted molar refractivity (Wildman–Crippen MR) is 405 cm³/mol. The summed E-state index contributed by atoms with van der Waals surface area (Å²) in [5.74, 6) is -0.441. The molecule has 460 valence electrons. The summed E-state index contributed by atoms with van der Waals surface area (Å²) in [7, 11) is 0. The van der Waals surface area contributed by atoms with Crippen LogP contribution in [0, 0.1) is 0 Å². The molecule has 95 heavy (non-hydrogen) atoms. The maximum absolute atomic E-state index is 7.36. The van der Waals surface area contributed by atoms with Gasteiger partial charge in [-0.2, -0.15) is 0 Å². The molecule has 17 rings (SSSR count). The number of anilines is 3. The van der Waals surface area contributed by atoms with Gasteiger partial charge in [0.15, 0.2) is 0 Å². The van der Waals surface area contributed by atoms with Crippen LogP contribution in [-0.2, 0) is 16.2 Å². The molecule has 2 aromatic heterocycles. The van der Waals surface area contributed by atoms with Crippen molar-refractivity contribution in [2.75, 3.05) is 4.90 Å². The van der Waals surface area contributed by atoms with Crippen LogP contribution >= 0.6 is 11.3 Å². The molecule has 0 saturated carbocycles. The molecule has 13 aromatic carbocycles. The number of rotatable bonds is 8. The highest BCUT2D eigenvalue weighted by Gasteiger charge is 2.46. The molecule has 0 N–H and O–H groups in total. The van der Waals surface area contributed by atoms with Crippen LogP contribution in [0.15, 0.2) is 283 Å². The number of nitrogens with zero attached hydrogens (tertiary/aromatic N) is 1. The van der Waals surface area contributed by atoms with Gasteiger partial charge in [0, 0.05) is 53.9 Å². The van der Waals surface area contributed by atoms with Crippen LogP contribution in [0.2, 0.25) is 0 Å². The second-order valence-electron chi connectivity index (χ2n) is 29.5. The standard InChI is InChI=1S/C92H75NOS/c1-90(2,3)64-47-63(48-65(51-64)91(4,5)6)61-43-45-68-73(49-61)84-69-46-44-62(56-29-15-10-16-30-56)50-76(69)93(88-72(58-33-19-12-20-34-58)54-74-67-39-25-27-41-78(67)94-89(74)82(88)60-37-23-14-24-38-60)77-53-66(92(7,8)9)52-75(85(77)84)83(68)87-71(57-31-17-11-18-32-57)55-80-86(70-40-26-28-42-79(70)95-80)81(87)59-35-21-13-22-36-59/h10-55,83-84H,1-9H3. The van der Waals surface area contributed by atoms with E-state index in [0.717, 1.165) is 61.1 Å². The van der Waals surface area contributed by atoms with E-state index in [1.165, 1.54) is 115 Å². The Morgan fingerprint density at radius 2 is 0.821 bits per heavy atom. The van der Waals surface area contributed by atoms with Gasteiger partial charge in [-0.15, -0.1) is 11.3 Å². The van der Waals surface area contributed by atoms with Gasteiger partial charge < -0.3 is 9.32 Å². The minimum absolute atomic E-state index is 0.0785. The molecular weight excluding hydrogens is 1170 g/mol. The van der Waals surface area contributed by atoms with Crippen molar-refractivity contribution in [1.82, 2.24) is 0 Å². The molecular formula is C92H75NOS. The van der Waals surface area contributed by atoms with Crippen LogP contribution in [0.3, 0.4) is 0 Å². The Labute approximate surface area is 562 Å². The molecule has 0 fully saturated rings. The third kappa shape index (κ3) is 9.72. The lowest BCUT2D eigenvalue weighted by molar-refractivity contribution is 0.569. The minimum atomic E-state index is -0.290. The first-order chi connectivity index (χ1) is 46.0. The van der Waals surface area contributed by atoms with Crippen LogP contribution in [0.4, 0.5) is 17.1 Å². The number of para-hydroxylation sites is 1. The molecule has 3 heterocycles. The Morgan fingerprint density at radius 3 is 1.44 bits per heavy atom. The van der Waals surface area contributed by atoms with E-state index >= 15 is 0 Å². The van der Waals surface area contributed by atoms with Crippen molar-refractivity contribution >= 4 is 70.5 Å². The summed E-state index contributed by atoms with van der Waals surface area (Å²) in [6, 6.07) is 106. The van der Waals surface area contributed by atoms with Crippen LogP contribution in [0.5, 0.6) is 0 Å². The molecule has 1 aliphatic carbocycles. The zero-order valence-electron chi connectivity index (χ0n) is 55.5. The van der Waals surface area contributed by atoms with Crippen molar-refractivity contribution in [2.24, 2.45) is 0 Å². The molecule has 0 radical (unpaired) electrons. The highest BCUT2D eigenvalue weighted by molar-refractivity contribution is 7.26.